The molecular weight excluding hydrogens is 524 g/mol. The normalized spacial score (nSPS) is 14.6. The molecule has 0 saturated heterocycles. The highest BCUT2D eigenvalue weighted by Gasteiger charge is 2.35. The maximum absolute atomic E-state index is 13.1. The van der Waals surface area contributed by atoms with E-state index in [1.54, 1.807) is 54.5 Å². The largest absolute Gasteiger partial charge is 0.385 e. The third kappa shape index (κ3) is 5.36. The Morgan fingerprint density at radius 2 is 2.11 bits per heavy atom. The number of methoxy groups -OCH3 is 1. The minimum atomic E-state index is -3.42. The summed E-state index contributed by atoms with van der Waals surface area (Å²) in [4.78, 5) is 22.6. The van der Waals surface area contributed by atoms with Gasteiger partial charge in [-0.25, -0.2) is 17.9 Å². The molecule has 10 nitrogen and oxygen atoms in total. The summed E-state index contributed by atoms with van der Waals surface area (Å²) in [6, 6.07) is 6.27. The summed E-state index contributed by atoms with van der Waals surface area (Å²) < 4.78 is 34.2. The summed E-state index contributed by atoms with van der Waals surface area (Å²) in [5.41, 5.74) is 2.56. The second-order valence-corrected chi connectivity index (χ2v) is 11.8. The number of carbonyl (C=O) groups excluding carboxylic acids is 1. The lowest BCUT2D eigenvalue weighted by molar-refractivity contribution is 0.0923. The molecule has 4 aromatic heterocycles. The lowest BCUT2D eigenvalue weighted by Crippen LogP contribution is -2.30. The number of fused-ring (bicyclic) bond motifs is 1. The summed E-state index contributed by atoms with van der Waals surface area (Å²) in [6.45, 7) is 0.372. The summed E-state index contributed by atoms with van der Waals surface area (Å²) in [6.07, 6.45) is 8.40. The van der Waals surface area contributed by atoms with Gasteiger partial charge in [-0.15, -0.1) is 11.3 Å². The van der Waals surface area contributed by atoms with Crippen molar-refractivity contribution in [2.75, 3.05) is 18.4 Å². The molecular formula is C23H23ClN6O4S2. The van der Waals surface area contributed by atoms with Gasteiger partial charge in [0.25, 0.3) is 5.91 Å². The zero-order chi connectivity index (χ0) is 25.3. The highest BCUT2D eigenvalue weighted by atomic mass is 35.5. The van der Waals surface area contributed by atoms with Crippen LogP contribution in [0.4, 0.5) is 5.69 Å². The number of nitrogens with one attached hydrogen (secondary N) is 2. The Morgan fingerprint density at radius 1 is 1.28 bits per heavy atom. The molecule has 0 radical (unpaired) electrons. The second kappa shape index (κ2) is 10.1. The van der Waals surface area contributed by atoms with Crippen molar-refractivity contribution in [3.8, 4) is 10.4 Å². The van der Waals surface area contributed by atoms with Gasteiger partial charge in [-0.3, -0.25) is 14.5 Å². The lowest BCUT2D eigenvalue weighted by atomic mass is 10.1. The van der Waals surface area contributed by atoms with Crippen LogP contribution in [0.25, 0.3) is 16.0 Å². The molecule has 13 heteroatoms. The first-order chi connectivity index (χ1) is 17.3. The summed E-state index contributed by atoms with van der Waals surface area (Å²) >= 11 is 7.38. The van der Waals surface area contributed by atoms with Crippen LogP contribution in [0.1, 0.15) is 40.8 Å². The fraction of sp³-hybridized carbons (Fsp3) is 0.304. The number of anilines is 1. The maximum Gasteiger partial charge on any atom is 0.280 e. The Bertz CT molecular complexity index is 1520. The molecule has 4 aromatic rings. The van der Waals surface area contributed by atoms with E-state index in [0.717, 1.165) is 16.0 Å². The number of sulfonamides is 1. The first-order valence-electron chi connectivity index (χ1n) is 11.2. The number of aromatic nitrogens is 4. The third-order valence-electron chi connectivity index (χ3n) is 5.73. The summed E-state index contributed by atoms with van der Waals surface area (Å²) in [5, 5.41) is 7.80. The standard InChI is InChI=1S/C23H23ClN6O4S2/c1-34-9-6-18(19-11-15(4-7-25-19)29-36(32,33)16-2-3-16)28-22(31)23-26-13-21(35-23)17-12-27-30-8-5-14(24)10-20(17)30/h4-5,7-8,10-13,16,18H,2-3,6,9H2,1H3,(H,25,29)(H,28,31)/t18-/m0/s1. The Morgan fingerprint density at radius 3 is 2.89 bits per heavy atom. The highest BCUT2D eigenvalue weighted by molar-refractivity contribution is 7.93. The van der Waals surface area contributed by atoms with E-state index in [0.29, 0.717) is 42.3 Å². The van der Waals surface area contributed by atoms with Crippen LogP contribution in [-0.2, 0) is 14.8 Å². The molecule has 1 aliphatic rings. The molecule has 1 saturated carbocycles. The molecule has 2 N–H and O–H groups in total. The highest BCUT2D eigenvalue weighted by Crippen LogP contribution is 2.32. The van der Waals surface area contributed by atoms with Crippen molar-refractivity contribution in [1.29, 1.82) is 0 Å². The molecule has 36 heavy (non-hydrogen) atoms. The zero-order valence-corrected chi connectivity index (χ0v) is 21.6. The van der Waals surface area contributed by atoms with Gasteiger partial charge in [0.15, 0.2) is 5.01 Å². The first kappa shape index (κ1) is 24.6. The maximum atomic E-state index is 13.1. The Kier molecular flexibility index (Phi) is 6.93. The molecule has 0 bridgehead atoms. The van der Waals surface area contributed by atoms with Gasteiger partial charge in [0.05, 0.1) is 39.3 Å². The molecule has 0 aliphatic heterocycles. The molecule has 4 heterocycles. The number of hydrogen-bond acceptors (Lipinski definition) is 8. The Hall–Kier alpha value is -3.06. The van der Waals surface area contributed by atoms with Crippen molar-refractivity contribution >= 4 is 50.1 Å². The monoisotopic (exact) mass is 546 g/mol. The van der Waals surface area contributed by atoms with Crippen LogP contribution in [0, 0.1) is 0 Å². The summed E-state index contributed by atoms with van der Waals surface area (Å²) in [7, 11) is -1.84. The van der Waals surface area contributed by atoms with E-state index in [1.807, 2.05) is 0 Å². The predicted octanol–water partition coefficient (Wildman–Crippen LogP) is 3.92. The average molecular weight is 547 g/mol. The molecule has 0 aromatic carbocycles. The number of nitrogens with zero attached hydrogens (tertiary/aromatic N) is 4. The molecule has 1 aliphatic carbocycles. The lowest BCUT2D eigenvalue weighted by Gasteiger charge is -2.18. The molecule has 1 amide bonds. The van der Waals surface area contributed by atoms with Crippen molar-refractivity contribution in [3.05, 3.63) is 64.8 Å². The van der Waals surface area contributed by atoms with Gasteiger partial charge in [0.2, 0.25) is 10.0 Å². The van der Waals surface area contributed by atoms with Gasteiger partial charge < -0.3 is 10.1 Å². The van der Waals surface area contributed by atoms with Gasteiger partial charge in [0.1, 0.15) is 0 Å². The zero-order valence-electron chi connectivity index (χ0n) is 19.2. The van der Waals surface area contributed by atoms with E-state index in [-0.39, 0.29) is 16.2 Å². The van der Waals surface area contributed by atoms with Crippen molar-refractivity contribution in [1.82, 2.24) is 24.9 Å². The number of halogens is 1. The third-order valence-corrected chi connectivity index (χ3v) is 8.86. The average Bonchev–Trinajstić information content (AvgIpc) is 3.48. The minimum absolute atomic E-state index is 0.277. The number of carbonyl (C=O) groups is 1. The number of hydrogen-bond donors (Lipinski definition) is 2. The van der Waals surface area contributed by atoms with E-state index < -0.39 is 16.1 Å². The van der Waals surface area contributed by atoms with Crippen molar-refractivity contribution < 1.29 is 17.9 Å². The van der Waals surface area contributed by atoms with E-state index in [2.05, 4.69) is 25.1 Å². The van der Waals surface area contributed by atoms with Crippen LogP contribution >= 0.6 is 22.9 Å². The van der Waals surface area contributed by atoms with E-state index in [9.17, 15) is 13.2 Å². The fourth-order valence-electron chi connectivity index (χ4n) is 3.73. The number of ether oxygens (including phenoxy) is 1. The Balaban J connectivity index is 1.35. The van der Waals surface area contributed by atoms with Crippen molar-refractivity contribution in [2.24, 2.45) is 0 Å². The van der Waals surface area contributed by atoms with Gasteiger partial charge in [-0.2, -0.15) is 5.10 Å². The van der Waals surface area contributed by atoms with Gasteiger partial charge in [-0.1, -0.05) is 11.6 Å². The summed E-state index contributed by atoms with van der Waals surface area (Å²) in [5.74, 6) is -0.368. The van der Waals surface area contributed by atoms with Crippen LogP contribution in [0.2, 0.25) is 5.02 Å². The first-order valence-corrected chi connectivity index (χ1v) is 13.9. The number of pyridine rings is 2. The van der Waals surface area contributed by atoms with Crippen molar-refractivity contribution in [3.63, 3.8) is 0 Å². The van der Waals surface area contributed by atoms with Crippen LogP contribution < -0.4 is 10.0 Å². The SMILES string of the molecule is COCC[C@H](NC(=O)c1ncc(-c2cnn3ccc(Cl)cc23)s1)c1cc(NS(=O)(=O)C2CC2)ccn1. The van der Waals surface area contributed by atoms with Crippen LogP contribution in [0.5, 0.6) is 0 Å². The minimum Gasteiger partial charge on any atom is -0.385 e. The van der Waals surface area contributed by atoms with Gasteiger partial charge in [0, 0.05) is 42.9 Å². The van der Waals surface area contributed by atoms with Crippen molar-refractivity contribution in [2.45, 2.75) is 30.6 Å². The van der Waals surface area contributed by atoms with Crippen LogP contribution in [0.15, 0.2) is 49.1 Å². The van der Waals surface area contributed by atoms with Gasteiger partial charge >= 0.3 is 0 Å². The molecule has 0 spiro atoms. The van der Waals surface area contributed by atoms with E-state index >= 15 is 0 Å². The molecule has 0 unspecified atom stereocenters. The van der Waals surface area contributed by atoms with Crippen LogP contribution in [-0.4, -0.2) is 52.9 Å². The number of amides is 1. The smallest absolute Gasteiger partial charge is 0.280 e. The molecule has 188 valence electrons. The Labute approximate surface area is 216 Å². The van der Waals surface area contributed by atoms with E-state index in [4.69, 9.17) is 16.3 Å². The number of thiazole rings is 1. The molecule has 1 fully saturated rings. The second-order valence-electron chi connectivity index (χ2n) is 8.39. The quantitative estimate of drug-likeness (QED) is 0.308. The predicted molar refractivity (Wildman–Crippen MR) is 138 cm³/mol. The topological polar surface area (TPSA) is 128 Å². The van der Waals surface area contributed by atoms with E-state index in [1.165, 1.54) is 17.5 Å². The fourth-order valence-corrected chi connectivity index (χ4v) is 6.10. The molecule has 1 atom stereocenters. The van der Waals surface area contributed by atoms with Crippen LogP contribution in [0.3, 0.4) is 0 Å². The molecule has 5 rings (SSSR count). The van der Waals surface area contributed by atoms with Gasteiger partial charge in [-0.05, 0) is 43.5 Å². The number of rotatable bonds is 10.